The van der Waals surface area contributed by atoms with Crippen LogP contribution in [0.25, 0.3) is 22.1 Å². The number of hydrogen-bond acceptors (Lipinski definition) is 4. The molecule has 1 aromatic heterocycles. The van der Waals surface area contributed by atoms with Gasteiger partial charge in [0.2, 0.25) is 0 Å². The van der Waals surface area contributed by atoms with Gasteiger partial charge >= 0.3 is 5.63 Å². The number of benzene rings is 2. The standard InChI is InChI=1S/C19H15ClO4/c1-11(21)12(2)23-18-10-17-15(8-16(18)20)14(9-19(22)24-17)13-6-4-3-5-7-13/h3-10,12H,1-2H3/t12-/m1/s1. The lowest BCUT2D eigenvalue weighted by molar-refractivity contribution is -0.122. The zero-order valence-corrected chi connectivity index (χ0v) is 14.0. The second-order valence-electron chi connectivity index (χ2n) is 5.49. The number of Topliss-reactive ketones (excluding diaryl/α,β-unsaturated/α-hetero) is 1. The van der Waals surface area contributed by atoms with Gasteiger partial charge in [0, 0.05) is 17.5 Å². The molecular formula is C19H15ClO4. The molecule has 0 radical (unpaired) electrons. The highest BCUT2D eigenvalue weighted by Crippen LogP contribution is 2.35. The van der Waals surface area contributed by atoms with Crippen LogP contribution in [0.15, 0.2) is 57.7 Å². The molecule has 122 valence electrons. The quantitative estimate of drug-likeness (QED) is 0.656. The second-order valence-corrected chi connectivity index (χ2v) is 5.90. The van der Waals surface area contributed by atoms with Gasteiger partial charge in [0.15, 0.2) is 11.9 Å². The number of carbonyl (C=O) groups is 1. The van der Waals surface area contributed by atoms with E-state index in [1.54, 1.807) is 19.1 Å². The van der Waals surface area contributed by atoms with Gasteiger partial charge in [-0.2, -0.15) is 0 Å². The van der Waals surface area contributed by atoms with Gasteiger partial charge in [0.1, 0.15) is 11.3 Å². The van der Waals surface area contributed by atoms with Crippen LogP contribution in [0.4, 0.5) is 0 Å². The number of halogens is 1. The molecule has 0 aliphatic heterocycles. The minimum atomic E-state index is -0.635. The van der Waals surface area contributed by atoms with Gasteiger partial charge in [0.25, 0.3) is 0 Å². The van der Waals surface area contributed by atoms with E-state index in [4.69, 9.17) is 20.8 Å². The van der Waals surface area contributed by atoms with E-state index >= 15 is 0 Å². The SMILES string of the molecule is CC(=O)[C@@H](C)Oc1cc2oc(=O)cc(-c3ccccc3)c2cc1Cl. The molecule has 0 bridgehead atoms. The Bertz CT molecular complexity index is 960. The lowest BCUT2D eigenvalue weighted by Gasteiger charge is -2.14. The lowest BCUT2D eigenvalue weighted by Crippen LogP contribution is -2.20. The first-order valence-electron chi connectivity index (χ1n) is 7.45. The summed E-state index contributed by atoms with van der Waals surface area (Å²) in [5.41, 5.74) is 1.51. The van der Waals surface area contributed by atoms with Gasteiger partial charge in [0.05, 0.1) is 5.02 Å². The molecule has 0 unspecified atom stereocenters. The van der Waals surface area contributed by atoms with Crippen LogP contribution < -0.4 is 10.4 Å². The Balaban J connectivity index is 2.18. The molecule has 0 amide bonds. The summed E-state index contributed by atoms with van der Waals surface area (Å²) in [6.45, 7) is 3.08. The monoisotopic (exact) mass is 342 g/mol. The van der Waals surface area contributed by atoms with Gasteiger partial charge in [-0.1, -0.05) is 41.9 Å². The van der Waals surface area contributed by atoms with Crippen molar-refractivity contribution in [1.82, 2.24) is 0 Å². The van der Waals surface area contributed by atoms with Crippen molar-refractivity contribution in [3.63, 3.8) is 0 Å². The van der Waals surface area contributed by atoms with Crippen molar-refractivity contribution in [2.45, 2.75) is 20.0 Å². The van der Waals surface area contributed by atoms with Gasteiger partial charge < -0.3 is 9.15 Å². The predicted octanol–water partition coefficient (Wildman–Crippen LogP) is 4.47. The molecule has 24 heavy (non-hydrogen) atoms. The van der Waals surface area contributed by atoms with Crippen LogP contribution in [-0.2, 0) is 4.79 Å². The van der Waals surface area contributed by atoms with Crippen LogP contribution in [0.3, 0.4) is 0 Å². The van der Waals surface area contributed by atoms with Gasteiger partial charge in [-0.25, -0.2) is 4.79 Å². The molecule has 3 rings (SSSR count). The van der Waals surface area contributed by atoms with Crippen LogP contribution in [0.5, 0.6) is 5.75 Å². The Hall–Kier alpha value is -2.59. The fourth-order valence-electron chi connectivity index (χ4n) is 2.38. The van der Waals surface area contributed by atoms with Gasteiger partial charge in [-0.15, -0.1) is 0 Å². The molecule has 2 aromatic carbocycles. The van der Waals surface area contributed by atoms with Crippen molar-refractivity contribution in [2.24, 2.45) is 0 Å². The van der Waals surface area contributed by atoms with Crippen LogP contribution in [0, 0.1) is 0 Å². The van der Waals surface area contributed by atoms with E-state index < -0.39 is 11.7 Å². The molecule has 0 spiro atoms. The highest BCUT2D eigenvalue weighted by molar-refractivity contribution is 6.33. The second kappa shape index (κ2) is 6.49. The molecular weight excluding hydrogens is 328 g/mol. The minimum absolute atomic E-state index is 0.120. The van der Waals surface area contributed by atoms with Crippen molar-refractivity contribution in [1.29, 1.82) is 0 Å². The van der Waals surface area contributed by atoms with Crippen LogP contribution >= 0.6 is 11.6 Å². The first-order chi connectivity index (χ1) is 11.5. The Morgan fingerprint density at radius 2 is 1.88 bits per heavy atom. The van der Waals surface area contributed by atoms with Crippen LogP contribution in [0.1, 0.15) is 13.8 Å². The van der Waals surface area contributed by atoms with Crippen molar-refractivity contribution < 1.29 is 13.9 Å². The maximum atomic E-state index is 11.9. The fraction of sp³-hybridized carbons (Fsp3) is 0.158. The zero-order chi connectivity index (χ0) is 17.3. The van der Waals surface area contributed by atoms with E-state index in [0.29, 0.717) is 21.7 Å². The van der Waals surface area contributed by atoms with Gasteiger partial charge in [-0.05, 0) is 31.0 Å². The molecule has 0 fully saturated rings. The summed E-state index contributed by atoms with van der Waals surface area (Å²) in [4.78, 5) is 23.3. The Labute approximate surface area is 143 Å². The summed E-state index contributed by atoms with van der Waals surface area (Å²) in [6.07, 6.45) is -0.635. The number of fused-ring (bicyclic) bond motifs is 1. The summed E-state index contributed by atoms with van der Waals surface area (Å²) in [7, 11) is 0. The third-order valence-corrected chi connectivity index (χ3v) is 4.05. The van der Waals surface area contributed by atoms with E-state index in [9.17, 15) is 9.59 Å². The largest absolute Gasteiger partial charge is 0.481 e. The average Bonchev–Trinajstić information content (AvgIpc) is 2.56. The summed E-state index contributed by atoms with van der Waals surface area (Å²) in [5, 5.41) is 1.05. The van der Waals surface area contributed by atoms with E-state index in [2.05, 4.69) is 0 Å². The summed E-state index contributed by atoms with van der Waals surface area (Å²) in [6, 6.07) is 14.2. The Kier molecular flexibility index (Phi) is 4.40. The molecule has 3 aromatic rings. The van der Waals surface area contributed by atoms with Gasteiger partial charge in [-0.3, -0.25) is 4.79 Å². The lowest BCUT2D eigenvalue weighted by atomic mass is 10.0. The smallest absolute Gasteiger partial charge is 0.336 e. The molecule has 0 aliphatic carbocycles. The average molecular weight is 343 g/mol. The predicted molar refractivity (Wildman–Crippen MR) is 93.7 cm³/mol. The van der Waals surface area contributed by atoms with E-state index in [-0.39, 0.29) is 5.78 Å². The first kappa shape index (κ1) is 16.3. The number of ether oxygens (including phenoxy) is 1. The number of ketones is 1. The highest BCUT2D eigenvalue weighted by atomic mass is 35.5. The minimum Gasteiger partial charge on any atom is -0.481 e. The van der Waals surface area contributed by atoms with Crippen molar-refractivity contribution >= 4 is 28.4 Å². The van der Waals surface area contributed by atoms with E-state index in [1.165, 1.54) is 13.0 Å². The summed E-state index contributed by atoms with van der Waals surface area (Å²) >= 11 is 6.30. The fourth-order valence-corrected chi connectivity index (χ4v) is 2.59. The number of rotatable bonds is 4. The van der Waals surface area contributed by atoms with Crippen molar-refractivity contribution in [3.05, 3.63) is 64.0 Å². The molecule has 0 aliphatic rings. The molecule has 1 heterocycles. The molecule has 0 N–H and O–H groups in total. The molecule has 0 saturated heterocycles. The topological polar surface area (TPSA) is 56.5 Å². The number of hydrogen-bond donors (Lipinski definition) is 0. The Morgan fingerprint density at radius 1 is 1.17 bits per heavy atom. The molecule has 0 saturated carbocycles. The Morgan fingerprint density at radius 3 is 2.54 bits per heavy atom. The van der Waals surface area contributed by atoms with Crippen molar-refractivity contribution in [2.75, 3.05) is 0 Å². The zero-order valence-electron chi connectivity index (χ0n) is 13.2. The maximum absolute atomic E-state index is 11.9. The maximum Gasteiger partial charge on any atom is 0.336 e. The first-order valence-corrected chi connectivity index (χ1v) is 7.83. The van der Waals surface area contributed by atoms with Crippen LogP contribution in [-0.4, -0.2) is 11.9 Å². The van der Waals surface area contributed by atoms with E-state index in [0.717, 1.165) is 11.1 Å². The normalized spacial score (nSPS) is 12.1. The molecule has 1 atom stereocenters. The number of carbonyl (C=O) groups excluding carboxylic acids is 1. The molecule has 5 heteroatoms. The third kappa shape index (κ3) is 3.19. The summed E-state index contributed by atoms with van der Waals surface area (Å²) < 4.78 is 10.8. The highest BCUT2D eigenvalue weighted by Gasteiger charge is 2.15. The van der Waals surface area contributed by atoms with Crippen molar-refractivity contribution in [3.8, 4) is 16.9 Å². The third-order valence-electron chi connectivity index (χ3n) is 3.76. The van der Waals surface area contributed by atoms with E-state index in [1.807, 2.05) is 30.3 Å². The van der Waals surface area contributed by atoms with Crippen LogP contribution in [0.2, 0.25) is 5.02 Å². The molecule has 4 nitrogen and oxygen atoms in total. The summed E-state index contributed by atoms with van der Waals surface area (Å²) in [5.74, 6) is 0.186.